The highest BCUT2D eigenvalue weighted by Crippen LogP contribution is 2.31. The van der Waals surface area contributed by atoms with Gasteiger partial charge < -0.3 is 10.2 Å². The maximum Gasteiger partial charge on any atom is 0.222 e. The number of nitrogens with one attached hydrogen (secondary N) is 1. The van der Waals surface area contributed by atoms with Gasteiger partial charge in [-0.1, -0.05) is 19.4 Å². The van der Waals surface area contributed by atoms with E-state index in [1.807, 2.05) is 30.4 Å². The van der Waals surface area contributed by atoms with Gasteiger partial charge in [-0.15, -0.1) is 12.4 Å². The molecule has 28 heavy (non-hydrogen) atoms. The van der Waals surface area contributed by atoms with Gasteiger partial charge in [-0.3, -0.25) is 14.7 Å². The summed E-state index contributed by atoms with van der Waals surface area (Å²) in [5.41, 5.74) is 1.31. The van der Waals surface area contributed by atoms with E-state index in [0.717, 1.165) is 57.8 Å². The van der Waals surface area contributed by atoms with E-state index in [1.165, 1.54) is 18.5 Å². The molecule has 2 aliphatic heterocycles. The first-order valence-electron chi connectivity index (χ1n) is 10.7. The summed E-state index contributed by atoms with van der Waals surface area (Å²) < 4.78 is 0. The quantitative estimate of drug-likeness (QED) is 0.680. The molecule has 2 fully saturated rings. The standard InChI is InChI=1S/C22H36N4O.ClH/c1-3-4-11-25(2)22(27)9-5-8-21-20-12-19(14-24-21)16-26(17-20)15-18-7-6-10-23-13-18;/h6-7,10,13,19-21,24H,3-5,8-9,11-12,14-17H2,1-2H3;1H/t19-,20+,21+;/m0./s1. The van der Waals surface area contributed by atoms with Crippen LogP contribution in [0.15, 0.2) is 24.5 Å². The second-order valence-corrected chi connectivity index (χ2v) is 8.49. The molecule has 0 saturated carbocycles. The minimum Gasteiger partial charge on any atom is -0.346 e. The third-order valence-electron chi connectivity index (χ3n) is 6.19. The number of carbonyl (C=O) groups is 1. The number of carbonyl (C=O) groups excluding carboxylic acids is 1. The van der Waals surface area contributed by atoms with Crippen LogP contribution in [0.2, 0.25) is 0 Å². The number of rotatable bonds is 9. The summed E-state index contributed by atoms with van der Waals surface area (Å²) in [4.78, 5) is 21.0. The van der Waals surface area contributed by atoms with Crippen LogP contribution in [-0.4, -0.2) is 60.0 Å². The number of halogens is 1. The highest BCUT2D eigenvalue weighted by molar-refractivity contribution is 5.85. The highest BCUT2D eigenvalue weighted by atomic mass is 35.5. The summed E-state index contributed by atoms with van der Waals surface area (Å²) in [6, 6.07) is 4.76. The summed E-state index contributed by atoms with van der Waals surface area (Å²) in [6.07, 6.45) is 10.2. The van der Waals surface area contributed by atoms with E-state index in [9.17, 15) is 4.79 Å². The molecule has 158 valence electrons. The second kappa shape index (κ2) is 11.7. The lowest BCUT2D eigenvalue weighted by atomic mass is 9.79. The molecule has 1 aromatic rings. The molecular weight excluding hydrogens is 372 g/mol. The predicted molar refractivity (Wildman–Crippen MR) is 117 cm³/mol. The topological polar surface area (TPSA) is 48.5 Å². The van der Waals surface area contributed by atoms with Crippen molar-refractivity contribution in [3.05, 3.63) is 30.1 Å². The van der Waals surface area contributed by atoms with Gasteiger partial charge in [-0.05, 0) is 55.7 Å². The molecule has 0 unspecified atom stereocenters. The average Bonchev–Trinajstić information content (AvgIpc) is 2.68. The molecule has 3 rings (SSSR count). The zero-order valence-corrected chi connectivity index (χ0v) is 18.3. The molecule has 0 aliphatic carbocycles. The average molecular weight is 409 g/mol. The largest absolute Gasteiger partial charge is 0.346 e. The first-order valence-corrected chi connectivity index (χ1v) is 10.7. The lowest BCUT2D eigenvalue weighted by Crippen LogP contribution is -2.55. The van der Waals surface area contributed by atoms with E-state index in [4.69, 9.17) is 0 Å². The third kappa shape index (κ3) is 6.71. The van der Waals surface area contributed by atoms with Gasteiger partial charge in [0.1, 0.15) is 0 Å². The molecule has 3 atom stereocenters. The van der Waals surface area contributed by atoms with E-state index in [1.54, 1.807) is 0 Å². The molecule has 2 aliphatic rings. The number of hydrogen-bond donors (Lipinski definition) is 1. The fourth-order valence-electron chi connectivity index (χ4n) is 4.67. The molecule has 5 nitrogen and oxygen atoms in total. The number of amides is 1. The van der Waals surface area contributed by atoms with Crippen molar-refractivity contribution in [1.82, 2.24) is 20.1 Å². The Morgan fingerprint density at radius 2 is 2.21 bits per heavy atom. The number of pyridine rings is 1. The fraction of sp³-hybridized carbons (Fsp3) is 0.727. The van der Waals surface area contributed by atoms with Crippen LogP contribution in [0.1, 0.15) is 51.0 Å². The molecule has 0 aromatic carbocycles. The van der Waals surface area contributed by atoms with Gasteiger partial charge in [-0.25, -0.2) is 0 Å². The monoisotopic (exact) mass is 408 g/mol. The van der Waals surface area contributed by atoms with Crippen LogP contribution in [-0.2, 0) is 11.3 Å². The van der Waals surface area contributed by atoms with Crippen LogP contribution in [0.4, 0.5) is 0 Å². The third-order valence-corrected chi connectivity index (χ3v) is 6.19. The van der Waals surface area contributed by atoms with Crippen LogP contribution in [0.3, 0.4) is 0 Å². The molecule has 1 aromatic heterocycles. The van der Waals surface area contributed by atoms with Gasteiger partial charge in [-0.2, -0.15) is 0 Å². The number of nitrogens with zero attached hydrogens (tertiary/aromatic N) is 3. The molecule has 2 saturated heterocycles. The Kier molecular flexibility index (Phi) is 9.69. The zero-order valence-electron chi connectivity index (χ0n) is 17.5. The summed E-state index contributed by atoms with van der Waals surface area (Å²) in [6.45, 7) is 7.54. The normalized spacial score (nSPS) is 24.4. The Morgan fingerprint density at radius 1 is 1.36 bits per heavy atom. The number of fused-ring (bicyclic) bond motifs is 2. The maximum atomic E-state index is 12.3. The lowest BCUT2D eigenvalue weighted by molar-refractivity contribution is -0.130. The fourth-order valence-corrected chi connectivity index (χ4v) is 4.67. The molecule has 6 heteroatoms. The molecular formula is C22H37ClN4O. The molecule has 2 bridgehead atoms. The summed E-state index contributed by atoms with van der Waals surface area (Å²) in [5.74, 6) is 1.78. The summed E-state index contributed by atoms with van der Waals surface area (Å²) in [7, 11) is 1.94. The van der Waals surface area contributed by atoms with Gasteiger partial charge in [0.25, 0.3) is 0 Å². The first-order chi connectivity index (χ1) is 13.2. The van der Waals surface area contributed by atoms with Gasteiger partial charge in [0.2, 0.25) is 5.91 Å². The van der Waals surface area contributed by atoms with Crippen molar-refractivity contribution in [2.24, 2.45) is 11.8 Å². The molecule has 0 spiro atoms. The number of aromatic nitrogens is 1. The Morgan fingerprint density at radius 3 is 2.96 bits per heavy atom. The maximum absolute atomic E-state index is 12.3. The van der Waals surface area contributed by atoms with Gasteiger partial charge in [0.05, 0.1) is 0 Å². The summed E-state index contributed by atoms with van der Waals surface area (Å²) >= 11 is 0. The van der Waals surface area contributed by atoms with E-state index in [0.29, 0.717) is 24.3 Å². The lowest BCUT2D eigenvalue weighted by Gasteiger charge is -2.46. The first kappa shape index (κ1) is 23.1. The van der Waals surface area contributed by atoms with Gasteiger partial charge >= 0.3 is 0 Å². The Bertz CT molecular complexity index is 585. The van der Waals surface area contributed by atoms with E-state index < -0.39 is 0 Å². The highest BCUT2D eigenvalue weighted by Gasteiger charge is 2.36. The van der Waals surface area contributed by atoms with Crippen molar-refractivity contribution in [1.29, 1.82) is 0 Å². The second-order valence-electron chi connectivity index (χ2n) is 8.49. The molecule has 1 N–H and O–H groups in total. The van der Waals surface area contributed by atoms with Crippen LogP contribution >= 0.6 is 12.4 Å². The molecule has 0 radical (unpaired) electrons. The number of hydrogen-bond acceptors (Lipinski definition) is 4. The van der Waals surface area contributed by atoms with Gasteiger partial charge in [0, 0.05) is 58.1 Å². The van der Waals surface area contributed by atoms with E-state index in [2.05, 4.69) is 28.2 Å². The summed E-state index contributed by atoms with van der Waals surface area (Å²) in [5, 5.41) is 3.78. The molecule has 1 amide bonds. The Balaban J connectivity index is 0.00000280. The SMILES string of the molecule is CCCCN(C)C(=O)CCC[C@H]1NC[C@@H]2C[C@@H]1CN(Cc1cccnc1)C2.Cl. The van der Waals surface area contributed by atoms with Crippen molar-refractivity contribution >= 4 is 18.3 Å². The minimum absolute atomic E-state index is 0. The van der Waals surface area contributed by atoms with Gasteiger partial charge in [0.15, 0.2) is 0 Å². The van der Waals surface area contributed by atoms with E-state index >= 15 is 0 Å². The number of unbranched alkanes of at least 4 members (excludes halogenated alkanes) is 1. The smallest absolute Gasteiger partial charge is 0.222 e. The van der Waals surface area contributed by atoms with Crippen LogP contribution in [0.5, 0.6) is 0 Å². The number of likely N-dealkylation sites (tertiary alicyclic amines) is 1. The van der Waals surface area contributed by atoms with Crippen LogP contribution < -0.4 is 5.32 Å². The Labute approximate surface area is 176 Å². The predicted octanol–water partition coefficient (Wildman–Crippen LogP) is 3.34. The minimum atomic E-state index is 0. The Hall–Kier alpha value is -1.17. The van der Waals surface area contributed by atoms with E-state index in [-0.39, 0.29) is 12.4 Å². The van der Waals surface area contributed by atoms with Crippen LogP contribution in [0.25, 0.3) is 0 Å². The van der Waals surface area contributed by atoms with Crippen molar-refractivity contribution in [3.63, 3.8) is 0 Å². The van der Waals surface area contributed by atoms with Crippen molar-refractivity contribution < 1.29 is 4.79 Å². The molecule has 3 heterocycles. The van der Waals surface area contributed by atoms with Crippen LogP contribution in [0, 0.1) is 11.8 Å². The van der Waals surface area contributed by atoms with Crippen molar-refractivity contribution in [2.75, 3.05) is 33.2 Å². The number of piperidine rings is 2. The van der Waals surface area contributed by atoms with Crippen molar-refractivity contribution in [3.8, 4) is 0 Å². The van der Waals surface area contributed by atoms with Crippen molar-refractivity contribution in [2.45, 2.75) is 58.0 Å². The zero-order chi connectivity index (χ0) is 19.1.